The third-order valence-corrected chi connectivity index (χ3v) is 5.00. The van der Waals surface area contributed by atoms with Crippen LogP contribution in [0.5, 0.6) is 0 Å². The quantitative estimate of drug-likeness (QED) is 0.790. The molecule has 0 spiro atoms. The van der Waals surface area contributed by atoms with Gasteiger partial charge in [0.2, 0.25) is 0 Å². The van der Waals surface area contributed by atoms with Crippen molar-refractivity contribution < 1.29 is 5.11 Å². The van der Waals surface area contributed by atoms with Crippen molar-refractivity contribution in [1.29, 1.82) is 0 Å². The van der Waals surface area contributed by atoms with Crippen molar-refractivity contribution in [3.63, 3.8) is 0 Å². The highest BCUT2D eigenvalue weighted by atomic mass is 16.3. The van der Waals surface area contributed by atoms with Crippen molar-refractivity contribution in [1.82, 2.24) is 5.32 Å². The summed E-state index contributed by atoms with van der Waals surface area (Å²) in [5, 5.41) is 13.2. The Morgan fingerprint density at radius 1 is 1.12 bits per heavy atom. The van der Waals surface area contributed by atoms with Gasteiger partial charge in [-0.2, -0.15) is 0 Å². The molecule has 17 heavy (non-hydrogen) atoms. The van der Waals surface area contributed by atoms with E-state index >= 15 is 0 Å². The van der Waals surface area contributed by atoms with Crippen LogP contribution in [0.2, 0.25) is 0 Å². The predicted molar refractivity (Wildman–Crippen MR) is 71.9 cm³/mol. The van der Waals surface area contributed by atoms with Gasteiger partial charge in [-0.1, -0.05) is 33.1 Å². The standard InChI is InChI=1S/C15H29NO/c1-11(2)12-5-3-7-14(9-12)16-15-8-4-6-13(15)10-17/h11-17H,3-10H2,1-2H3. The van der Waals surface area contributed by atoms with Gasteiger partial charge in [-0.3, -0.25) is 0 Å². The first-order valence-electron chi connectivity index (χ1n) is 7.57. The van der Waals surface area contributed by atoms with Crippen molar-refractivity contribution in [2.45, 2.75) is 70.9 Å². The summed E-state index contributed by atoms with van der Waals surface area (Å²) in [7, 11) is 0. The molecule has 0 saturated heterocycles. The van der Waals surface area contributed by atoms with Crippen molar-refractivity contribution in [2.75, 3.05) is 6.61 Å². The van der Waals surface area contributed by atoms with Crippen LogP contribution in [0.1, 0.15) is 58.8 Å². The van der Waals surface area contributed by atoms with Crippen LogP contribution in [0.3, 0.4) is 0 Å². The van der Waals surface area contributed by atoms with E-state index in [0.29, 0.717) is 24.6 Å². The lowest BCUT2D eigenvalue weighted by Crippen LogP contribution is -2.44. The first-order chi connectivity index (χ1) is 8.20. The van der Waals surface area contributed by atoms with E-state index < -0.39 is 0 Å². The maximum atomic E-state index is 9.37. The minimum Gasteiger partial charge on any atom is -0.396 e. The van der Waals surface area contributed by atoms with Crippen molar-refractivity contribution >= 4 is 0 Å². The average Bonchev–Trinajstić information content (AvgIpc) is 2.76. The molecular formula is C15H29NO. The summed E-state index contributed by atoms with van der Waals surface area (Å²) >= 11 is 0. The number of aliphatic hydroxyl groups excluding tert-OH is 1. The van der Waals surface area contributed by atoms with Crippen LogP contribution >= 0.6 is 0 Å². The molecule has 2 heteroatoms. The Bertz CT molecular complexity index is 229. The highest BCUT2D eigenvalue weighted by Crippen LogP contribution is 2.32. The molecule has 2 nitrogen and oxygen atoms in total. The molecule has 4 atom stereocenters. The summed E-state index contributed by atoms with van der Waals surface area (Å²) in [4.78, 5) is 0. The fourth-order valence-corrected chi connectivity index (χ4v) is 3.76. The van der Waals surface area contributed by atoms with Crippen LogP contribution in [0, 0.1) is 17.8 Å². The van der Waals surface area contributed by atoms with Gasteiger partial charge in [0.25, 0.3) is 0 Å². The Hall–Kier alpha value is -0.0800. The van der Waals surface area contributed by atoms with Crippen LogP contribution in [0.4, 0.5) is 0 Å². The zero-order valence-corrected chi connectivity index (χ0v) is 11.5. The van der Waals surface area contributed by atoms with E-state index in [1.807, 2.05) is 0 Å². The first kappa shape index (κ1) is 13.4. The van der Waals surface area contributed by atoms with Gasteiger partial charge in [0.15, 0.2) is 0 Å². The highest BCUT2D eigenvalue weighted by molar-refractivity contribution is 4.88. The molecule has 100 valence electrons. The van der Waals surface area contributed by atoms with E-state index in [-0.39, 0.29) is 0 Å². The van der Waals surface area contributed by atoms with Crippen LogP contribution in [-0.2, 0) is 0 Å². The zero-order valence-electron chi connectivity index (χ0n) is 11.5. The Balaban J connectivity index is 1.82. The SMILES string of the molecule is CC(C)C1CCCC(NC2CCCC2CO)C1. The third kappa shape index (κ3) is 3.45. The van der Waals surface area contributed by atoms with Gasteiger partial charge in [0, 0.05) is 18.7 Å². The molecule has 0 aromatic carbocycles. The predicted octanol–water partition coefficient (Wildman–Crippen LogP) is 2.95. The Labute approximate surface area is 106 Å². The van der Waals surface area contributed by atoms with Crippen LogP contribution in [0.15, 0.2) is 0 Å². The Morgan fingerprint density at radius 3 is 2.59 bits per heavy atom. The summed E-state index contributed by atoms with van der Waals surface area (Å²) in [5.74, 6) is 2.27. The lowest BCUT2D eigenvalue weighted by Gasteiger charge is -2.35. The fourth-order valence-electron chi connectivity index (χ4n) is 3.76. The molecular weight excluding hydrogens is 210 g/mol. The molecule has 0 aromatic rings. The number of rotatable bonds is 4. The van der Waals surface area contributed by atoms with E-state index in [4.69, 9.17) is 0 Å². The largest absolute Gasteiger partial charge is 0.396 e. The van der Waals surface area contributed by atoms with Gasteiger partial charge in [0.05, 0.1) is 0 Å². The molecule has 2 aliphatic carbocycles. The van der Waals surface area contributed by atoms with Crippen LogP contribution in [-0.4, -0.2) is 23.8 Å². The summed E-state index contributed by atoms with van der Waals surface area (Å²) in [5.41, 5.74) is 0. The second kappa shape index (κ2) is 6.19. The lowest BCUT2D eigenvalue weighted by molar-refractivity contribution is 0.175. The van der Waals surface area contributed by atoms with Gasteiger partial charge < -0.3 is 10.4 Å². The number of aliphatic hydroxyl groups is 1. The zero-order chi connectivity index (χ0) is 12.3. The molecule has 0 amide bonds. The molecule has 2 rings (SSSR count). The molecule has 0 radical (unpaired) electrons. The molecule has 0 heterocycles. The topological polar surface area (TPSA) is 32.3 Å². The molecule has 2 N–H and O–H groups in total. The van der Waals surface area contributed by atoms with Crippen molar-refractivity contribution in [3.8, 4) is 0 Å². The number of hydrogen-bond donors (Lipinski definition) is 2. The molecule has 0 aromatic heterocycles. The molecule has 0 aliphatic heterocycles. The molecule has 2 fully saturated rings. The first-order valence-corrected chi connectivity index (χ1v) is 7.57. The second-order valence-electron chi connectivity index (χ2n) is 6.51. The highest BCUT2D eigenvalue weighted by Gasteiger charge is 2.31. The Kier molecular flexibility index (Phi) is 4.87. The molecule has 2 aliphatic rings. The van der Waals surface area contributed by atoms with Gasteiger partial charge in [-0.25, -0.2) is 0 Å². The van der Waals surface area contributed by atoms with Crippen LogP contribution in [0.25, 0.3) is 0 Å². The van der Waals surface area contributed by atoms with Gasteiger partial charge in [-0.05, 0) is 43.4 Å². The van der Waals surface area contributed by atoms with Gasteiger partial charge in [-0.15, -0.1) is 0 Å². The monoisotopic (exact) mass is 239 g/mol. The normalized spacial score (nSPS) is 38.8. The van der Waals surface area contributed by atoms with E-state index in [1.54, 1.807) is 0 Å². The summed E-state index contributed by atoms with van der Waals surface area (Å²) < 4.78 is 0. The maximum Gasteiger partial charge on any atom is 0.0474 e. The average molecular weight is 239 g/mol. The minimum absolute atomic E-state index is 0.373. The fraction of sp³-hybridized carbons (Fsp3) is 1.00. The van der Waals surface area contributed by atoms with E-state index in [2.05, 4.69) is 19.2 Å². The smallest absolute Gasteiger partial charge is 0.0474 e. The molecule has 4 unspecified atom stereocenters. The third-order valence-electron chi connectivity index (χ3n) is 5.00. The minimum atomic E-state index is 0.373. The van der Waals surface area contributed by atoms with Crippen molar-refractivity contribution in [2.24, 2.45) is 17.8 Å². The maximum absolute atomic E-state index is 9.37. The van der Waals surface area contributed by atoms with E-state index in [9.17, 15) is 5.11 Å². The van der Waals surface area contributed by atoms with E-state index in [0.717, 1.165) is 11.8 Å². The second-order valence-corrected chi connectivity index (χ2v) is 6.51. The molecule has 0 bridgehead atoms. The van der Waals surface area contributed by atoms with Crippen LogP contribution < -0.4 is 5.32 Å². The van der Waals surface area contributed by atoms with Gasteiger partial charge in [0.1, 0.15) is 0 Å². The van der Waals surface area contributed by atoms with Gasteiger partial charge >= 0.3 is 0 Å². The summed E-state index contributed by atoms with van der Waals surface area (Å²) in [6.45, 7) is 5.09. The van der Waals surface area contributed by atoms with Crippen molar-refractivity contribution in [3.05, 3.63) is 0 Å². The Morgan fingerprint density at radius 2 is 1.88 bits per heavy atom. The number of nitrogens with one attached hydrogen (secondary N) is 1. The van der Waals surface area contributed by atoms with E-state index in [1.165, 1.54) is 44.9 Å². The summed E-state index contributed by atoms with van der Waals surface area (Å²) in [6, 6.07) is 1.31. The summed E-state index contributed by atoms with van der Waals surface area (Å²) in [6.07, 6.45) is 9.29. The molecule has 2 saturated carbocycles. The number of hydrogen-bond acceptors (Lipinski definition) is 2. The lowest BCUT2D eigenvalue weighted by atomic mass is 9.79.